The molecular formula is C26H25F3N4O3. The van der Waals surface area contributed by atoms with Crippen LogP contribution in [0.25, 0.3) is 11.3 Å². The van der Waals surface area contributed by atoms with Gasteiger partial charge in [-0.3, -0.25) is 14.5 Å². The average molecular weight is 499 g/mol. The molecule has 1 aromatic carbocycles. The van der Waals surface area contributed by atoms with Gasteiger partial charge in [0.25, 0.3) is 5.91 Å². The van der Waals surface area contributed by atoms with Crippen LogP contribution in [-0.4, -0.2) is 46.5 Å². The van der Waals surface area contributed by atoms with Gasteiger partial charge in [0.1, 0.15) is 22.8 Å². The van der Waals surface area contributed by atoms with Crippen LogP contribution < -0.4 is 4.90 Å². The van der Waals surface area contributed by atoms with Crippen LogP contribution in [0, 0.1) is 19.3 Å². The Morgan fingerprint density at radius 2 is 1.78 bits per heavy atom. The van der Waals surface area contributed by atoms with E-state index in [1.165, 1.54) is 4.90 Å². The van der Waals surface area contributed by atoms with Gasteiger partial charge in [0.05, 0.1) is 11.0 Å². The van der Waals surface area contributed by atoms with Crippen molar-refractivity contribution in [2.45, 2.75) is 39.3 Å². The van der Waals surface area contributed by atoms with Crippen LogP contribution in [0.3, 0.4) is 0 Å². The number of hydrogen-bond acceptors (Lipinski definition) is 5. The Morgan fingerprint density at radius 3 is 2.47 bits per heavy atom. The van der Waals surface area contributed by atoms with E-state index in [9.17, 15) is 22.8 Å². The fraction of sp³-hybridized carbons (Fsp3) is 0.385. The van der Waals surface area contributed by atoms with Crippen LogP contribution in [0.2, 0.25) is 0 Å². The minimum absolute atomic E-state index is 0.00750. The summed E-state index contributed by atoms with van der Waals surface area (Å²) in [5.41, 5.74) is 1.17. The van der Waals surface area contributed by atoms with E-state index >= 15 is 0 Å². The third kappa shape index (κ3) is 4.14. The summed E-state index contributed by atoms with van der Waals surface area (Å²) in [4.78, 5) is 33.9. The molecule has 2 aliphatic rings. The van der Waals surface area contributed by atoms with Crippen LogP contribution in [0.15, 0.2) is 47.1 Å². The first kappa shape index (κ1) is 24.0. The number of likely N-dealkylation sites (tertiary alicyclic amines) is 1. The number of alkyl halides is 3. The quantitative estimate of drug-likeness (QED) is 0.506. The van der Waals surface area contributed by atoms with Gasteiger partial charge >= 0.3 is 6.18 Å². The summed E-state index contributed by atoms with van der Waals surface area (Å²) in [5.74, 6) is -0.00591. The minimum atomic E-state index is -4.51. The van der Waals surface area contributed by atoms with Crippen molar-refractivity contribution < 1.29 is 27.3 Å². The number of carbonyl (C=O) groups excluding carboxylic acids is 2. The molecule has 10 heteroatoms. The Hall–Kier alpha value is -3.69. The predicted octanol–water partition coefficient (Wildman–Crippen LogP) is 5.03. The van der Waals surface area contributed by atoms with Crippen molar-refractivity contribution in [1.29, 1.82) is 0 Å². The van der Waals surface area contributed by atoms with Crippen LogP contribution in [0.5, 0.6) is 0 Å². The molecule has 3 aromatic rings. The van der Waals surface area contributed by atoms with E-state index < -0.39 is 17.2 Å². The van der Waals surface area contributed by atoms with E-state index in [1.54, 1.807) is 11.8 Å². The van der Waals surface area contributed by atoms with E-state index in [0.29, 0.717) is 55.9 Å². The molecule has 2 aliphatic heterocycles. The first-order chi connectivity index (χ1) is 17.1. The van der Waals surface area contributed by atoms with Gasteiger partial charge in [-0.05, 0) is 51.3 Å². The van der Waals surface area contributed by atoms with Crippen molar-refractivity contribution in [2.24, 2.45) is 5.41 Å². The Morgan fingerprint density at radius 1 is 1.06 bits per heavy atom. The number of amides is 2. The molecule has 2 fully saturated rings. The maximum absolute atomic E-state index is 13.5. The highest BCUT2D eigenvalue weighted by molar-refractivity contribution is 6.02. The number of pyridine rings is 1. The highest BCUT2D eigenvalue weighted by Gasteiger charge is 2.50. The van der Waals surface area contributed by atoms with Gasteiger partial charge in [-0.15, -0.1) is 0 Å². The maximum atomic E-state index is 13.5. The summed E-state index contributed by atoms with van der Waals surface area (Å²) in [6.45, 7) is 4.66. The molecule has 0 aliphatic carbocycles. The van der Waals surface area contributed by atoms with Crippen molar-refractivity contribution in [3.63, 3.8) is 0 Å². The van der Waals surface area contributed by atoms with Crippen LogP contribution in [-0.2, 0) is 11.0 Å². The van der Waals surface area contributed by atoms with Gasteiger partial charge in [-0.2, -0.15) is 13.2 Å². The fourth-order valence-electron chi connectivity index (χ4n) is 5.15. The number of rotatable bonds is 3. The maximum Gasteiger partial charge on any atom is 0.416 e. The van der Waals surface area contributed by atoms with Gasteiger partial charge in [0.2, 0.25) is 5.91 Å². The molecule has 4 heterocycles. The Bertz CT molecular complexity index is 1330. The molecule has 36 heavy (non-hydrogen) atoms. The SMILES string of the molecule is Cc1cccc(-c2noc(C)c2C(=O)N2CCC3(CC2)CCN(c2cc(C(F)(F)F)ccn2)C3=O)c1. The fourth-order valence-corrected chi connectivity index (χ4v) is 5.15. The molecule has 2 aromatic heterocycles. The number of halogens is 3. The molecule has 2 saturated heterocycles. The lowest BCUT2D eigenvalue weighted by Gasteiger charge is -2.37. The molecular weight excluding hydrogens is 473 g/mol. The zero-order valence-electron chi connectivity index (χ0n) is 19.9. The minimum Gasteiger partial charge on any atom is -0.360 e. The van der Waals surface area contributed by atoms with Crippen molar-refractivity contribution in [3.8, 4) is 11.3 Å². The Kier molecular flexibility index (Phi) is 5.84. The lowest BCUT2D eigenvalue weighted by molar-refractivity contribution is -0.137. The van der Waals surface area contributed by atoms with Crippen molar-refractivity contribution in [2.75, 3.05) is 24.5 Å². The van der Waals surface area contributed by atoms with Crippen LogP contribution >= 0.6 is 0 Å². The van der Waals surface area contributed by atoms with Gasteiger partial charge < -0.3 is 9.42 Å². The summed E-state index contributed by atoms with van der Waals surface area (Å²) >= 11 is 0. The second-order valence-corrected chi connectivity index (χ2v) is 9.51. The number of carbonyl (C=O) groups is 2. The number of nitrogens with zero attached hydrogens (tertiary/aromatic N) is 4. The summed E-state index contributed by atoms with van der Waals surface area (Å²) in [6, 6.07) is 9.47. The number of aryl methyl sites for hydroxylation is 2. The van der Waals surface area contributed by atoms with Crippen LogP contribution in [0.1, 0.15) is 46.5 Å². The molecule has 1 spiro atoms. The highest BCUT2D eigenvalue weighted by Crippen LogP contribution is 2.44. The molecule has 7 nitrogen and oxygen atoms in total. The number of benzene rings is 1. The predicted molar refractivity (Wildman–Crippen MR) is 125 cm³/mol. The van der Waals surface area contributed by atoms with Gasteiger partial charge in [0, 0.05) is 31.4 Å². The largest absolute Gasteiger partial charge is 0.416 e. The molecule has 0 radical (unpaired) electrons. The number of piperidine rings is 1. The van der Waals surface area contributed by atoms with E-state index in [-0.39, 0.29) is 17.6 Å². The summed E-state index contributed by atoms with van der Waals surface area (Å²) < 4.78 is 44.8. The molecule has 0 bridgehead atoms. The van der Waals surface area contributed by atoms with E-state index in [0.717, 1.165) is 29.5 Å². The first-order valence-electron chi connectivity index (χ1n) is 11.8. The zero-order chi connectivity index (χ0) is 25.7. The van der Waals surface area contributed by atoms with Crippen molar-refractivity contribution in [1.82, 2.24) is 15.0 Å². The second kappa shape index (κ2) is 8.76. The topological polar surface area (TPSA) is 79.5 Å². The first-order valence-corrected chi connectivity index (χ1v) is 11.8. The van der Waals surface area contributed by atoms with Crippen molar-refractivity contribution >= 4 is 17.6 Å². The third-order valence-electron chi connectivity index (χ3n) is 7.24. The zero-order valence-corrected chi connectivity index (χ0v) is 19.9. The molecule has 188 valence electrons. The second-order valence-electron chi connectivity index (χ2n) is 9.51. The summed E-state index contributed by atoms with van der Waals surface area (Å²) in [7, 11) is 0. The lowest BCUT2D eigenvalue weighted by Crippen LogP contribution is -2.47. The number of aromatic nitrogens is 2. The number of hydrogen-bond donors (Lipinski definition) is 0. The van der Waals surface area contributed by atoms with Gasteiger partial charge in [0.15, 0.2) is 0 Å². The molecule has 0 saturated carbocycles. The molecule has 0 atom stereocenters. The van der Waals surface area contributed by atoms with Gasteiger partial charge in [-0.1, -0.05) is 28.9 Å². The summed E-state index contributed by atoms with van der Waals surface area (Å²) in [6.07, 6.45) is -2.08. The lowest BCUT2D eigenvalue weighted by atomic mass is 9.77. The molecule has 2 amide bonds. The average Bonchev–Trinajstić information content (AvgIpc) is 3.39. The standard InChI is InChI=1S/C26H25F3N4O3/c1-16-4-3-5-18(14-16)22-21(17(2)36-31-22)23(34)32-11-7-25(8-12-32)9-13-33(24(25)35)20-15-19(6-10-30-20)26(27,28)29/h3-6,10,14-15H,7-9,11-13H2,1-2H3. The third-order valence-corrected chi connectivity index (χ3v) is 7.24. The Labute approximate surface area is 205 Å². The van der Waals surface area contributed by atoms with Crippen molar-refractivity contribution in [3.05, 3.63) is 65.0 Å². The summed E-state index contributed by atoms with van der Waals surface area (Å²) in [5, 5.41) is 4.12. The smallest absolute Gasteiger partial charge is 0.360 e. The molecule has 0 unspecified atom stereocenters. The van der Waals surface area contributed by atoms with Gasteiger partial charge in [-0.25, -0.2) is 4.98 Å². The number of anilines is 1. The molecule has 5 rings (SSSR count). The molecule has 0 N–H and O–H groups in total. The van der Waals surface area contributed by atoms with E-state index in [4.69, 9.17) is 4.52 Å². The van der Waals surface area contributed by atoms with E-state index in [2.05, 4.69) is 10.1 Å². The monoisotopic (exact) mass is 498 g/mol. The highest BCUT2D eigenvalue weighted by atomic mass is 19.4. The van der Waals surface area contributed by atoms with E-state index in [1.807, 2.05) is 31.2 Å². The van der Waals surface area contributed by atoms with Crippen LogP contribution in [0.4, 0.5) is 19.0 Å². The normalized spacial score (nSPS) is 17.8. The Balaban J connectivity index is 1.32.